The van der Waals surface area contributed by atoms with Crippen molar-refractivity contribution in [3.63, 3.8) is 0 Å². The first-order valence-corrected chi connectivity index (χ1v) is 8.65. The number of allylic oxidation sites excluding steroid dienone is 1. The molecule has 0 bridgehead atoms. The summed E-state index contributed by atoms with van der Waals surface area (Å²) in [6, 6.07) is 6.66. The summed E-state index contributed by atoms with van der Waals surface area (Å²) < 4.78 is 0.978. The standard InChI is InChI=1S/C17H25BrClN/c1-3-5-6-7-8-9-17(20-12-4-2)14-10-11-16(19)15(18)13-14/h3,10-11,13,17,20H,1,4-9,12H2,2H3. The van der Waals surface area contributed by atoms with Crippen molar-refractivity contribution in [1.29, 1.82) is 0 Å². The minimum absolute atomic E-state index is 0.423. The SMILES string of the molecule is C=CCCCCCC(NCCC)c1ccc(Cl)c(Br)c1. The van der Waals surface area contributed by atoms with Crippen molar-refractivity contribution in [3.8, 4) is 0 Å². The minimum Gasteiger partial charge on any atom is -0.310 e. The molecule has 0 aliphatic rings. The van der Waals surface area contributed by atoms with Gasteiger partial charge in [0, 0.05) is 10.5 Å². The van der Waals surface area contributed by atoms with Crippen molar-refractivity contribution < 1.29 is 0 Å². The number of hydrogen-bond acceptors (Lipinski definition) is 1. The Labute approximate surface area is 136 Å². The van der Waals surface area contributed by atoms with Gasteiger partial charge < -0.3 is 5.32 Å². The fourth-order valence-corrected chi connectivity index (χ4v) is 2.76. The topological polar surface area (TPSA) is 12.0 Å². The molecule has 0 radical (unpaired) electrons. The summed E-state index contributed by atoms with van der Waals surface area (Å²) in [5, 5.41) is 4.41. The normalized spacial score (nSPS) is 12.3. The van der Waals surface area contributed by atoms with E-state index in [4.69, 9.17) is 11.6 Å². The maximum Gasteiger partial charge on any atom is 0.0548 e. The molecule has 0 aliphatic carbocycles. The predicted molar refractivity (Wildman–Crippen MR) is 93.5 cm³/mol. The van der Waals surface area contributed by atoms with E-state index in [0.29, 0.717) is 6.04 Å². The monoisotopic (exact) mass is 357 g/mol. The van der Waals surface area contributed by atoms with Gasteiger partial charge in [-0.15, -0.1) is 6.58 Å². The molecule has 0 aromatic heterocycles. The molecule has 3 heteroatoms. The van der Waals surface area contributed by atoms with E-state index >= 15 is 0 Å². The molecular formula is C17H25BrClN. The van der Waals surface area contributed by atoms with Gasteiger partial charge in [-0.25, -0.2) is 0 Å². The van der Waals surface area contributed by atoms with E-state index in [2.05, 4.69) is 46.9 Å². The van der Waals surface area contributed by atoms with Gasteiger partial charge in [-0.05, 0) is 65.9 Å². The molecule has 1 atom stereocenters. The van der Waals surface area contributed by atoms with Gasteiger partial charge in [0.05, 0.1) is 5.02 Å². The Morgan fingerprint density at radius 2 is 2.15 bits per heavy atom. The first kappa shape index (κ1) is 17.7. The first-order chi connectivity index (χ1) is 9.69. The molecule has 0 spiro atoms. The summed E-state index contributed by atoms with van der Waals surface area (Å²) in [5.41, 5.74) is 1.32. The summed E-state index contributed by atoms with van der Waals surface area (Å²) in [5.74, 6) is 0. The maximum atomic E-state index is 6.07. The van der Waals surface area contributed by atoms with Crippen LogP contribution in [0.15, 0.2) is 35.3 Å². The van der Waals surface area contributed by atoms with E-state index in [9.17, 15) is 0 Å². The molecule has 1 aromatic rings. The molecule has 1 N–H and O–H groups in total. The van der Waals surface area contributed by atoms with Gasteiger partial charge >= 0.3 is 0 Å². The van der Waals surface area contributed by atoms with Crippen LogP contribution in [-0.2, 0) is 0 Å². The van der Waals surface area contributed by atoms with E-state index in [1.807, 2.05) is 12.1 Å². The highest BCUT2D eigenvalue weighted by atomic mass is 79.9. The van der Waals surface area contributed by atoms with Crippen molar-refractivity contribution in [2.75, 3.05) is 6.54 Å². The first-order valence-electron chi connectivity index (χ1n) is 7.48. The average Bonchev–Trinajstić information content (AvgIpc) is 2.45. The zero-order valence-electron chi connectivity index (χ0n) is 12.3. The number of hydrogen-bond donors (Lipinski definition) is 1. The second-order valence-corrected chi connectivity index (χ2v) is 6.37. The summed E-state index contributed by atoms with van der Waals surface area (Å²) in [6.45, 7) is 7.02. The largest absolute Gasteiger partial charge is 0.310 e. The lowest BCUT2D eigenvalue weighted by atomic mass is 10.00. The second kappa shape index (κ2) is 10.4. The van der Waals surface area contributed by atoms with Crippen molar-refractivity contribution in [2.24, 2.45) is 0 Å². The molecule has 20 heavy (non-hydrogen) atoms. The van der Waals surface area contributed by atoms with Crippen LogP contribution in [0.3, 0.4) is 0 Å². The number of nitrogens with one attached hydrogen (secondary N) is 1. The third-order valence-corrected chi connectivity index (χ3v) is 4.60. The van der Waals surface area contributed by atoms with Crippen molar-refractivity contribution in [1.82, 2.24) is 5.32 Å². The molecule has 0 saturated heterocycles. The van der Waals surface area contributed by atoms with E-state index in [0.717, 1.165) is 28.9 Å². The highest BCUT2D eigenvalue weighted by Crippen LogP contribution is 2.28. The number of benzene rings is 1. The quantitative estimate of drug-likeness (QED) is 0.383. The van der Waals surface area contributed by atoms with E-state index < -0.39 is 0 Å². The van der Waals surface area contributed by atoms with Gasteiger partial charge in [0.25, 0.3) is 0 Å². The molecule has 0 amide bonds. The second-order valence-electron chi connectivity index (χ2n) is 5.11. The molecule has 0 heterocycles. The maximum absolute atomic E-state index is 6.07. The number of unbranched alkanes of at least 4 members (excludes halogenated alkanes) is 3. The molecule has 112 valence electrons. The third-order valence-electron chi connectivity index (χ3n) is 3.39. The Bertz CT molecular complexity index is 406. The van der Waals surface area contributed by atoms with Crippen LogP contribution in [0.2, 0.25) is 5.02 Å². The van der Waals surface area contributed by atoms with E-state index in [-0.39, 0.29) is 0 Å². The zero-order chi connectivity index (χ0) is 14.8. The fourth-order valence-electron chi connectivity index (χ4n) is 2.25. The van der Waals surface area contributed by atoms with Crippen LogP contribution >= 0.6 is 27.5 Å². The van der Waals surface area contributed by atoms with Crippen LogP contribution in [-0.4, -0.2) is 6.54 Å². The Balaban J connectivity index is 2.57. The summed E-state index contributed by atoms with van der Waals surface area (Å²) >= 11 is 9.59. The molecule has 0 fully saturated rings. The highest BCUT2D eigenvalue weighted by molar-refractivity contribution is 9.10. The van der Waals surface area contributed by atoms with Gasteiger partial charge in [0.15, 0.2) is 0 Å². The molecule has 1 rings (SSSR count). The molecular weight excluding hydrogens is 334 g/mol. The Kier molecular flexibility index (Phi) is 9.24. The Morgan fingerprint density at radius 3 is 2.80 bits per heavy atom. The lowest BCUT2D eigenvalue weighted by Crippen LogP contribution is -2.22. The van der Waals surface area contributed by atoms with Crippen molar-refractivity contribution in [2.45, 2.75) is 51.5 Å². The number of halogens is 2. The predicted octanol–water partition coefficient (Wildman–Crippen LogP) is 6.28. The van der Waals surface area contributed by atoms with Gasteiger partial charge in [-0.1, -0.05) is 43.5 Å². The molecule has 1 unspecified atom stereocenters. The molecule has 0 aliphatic heterocycles. The molecule has 1 nitrogen and oxygen atoms in total. The van der Waals surface area contributed by atoms with Crippen LogP contribution in [0, 0.1) is 0 Å². The summed E-state index contributed by atoms with van der Waals surface area (Å²) in [7, 11) is 0. The lowest BCUT2D eigenvalue weighted by Gasteiger charge is -2.19. The fraction of sp³-hybridized carbons (Fsp3) is 0.529. The van der Waals surface area contributed by atoms with Gasteiger partial charge in [0.1, 0.15) is 0 Å². The average molecular weight is 359 g/mol. The zero-order valence-corrected chi connectivity index (χ0v) is 14.6. The number of rotatable bonds is 10. The van der Waals surface area contributed by atoms with Gasteiger partial charge in [-0.3, -0.25) is 0 Å². The van der Waals surface area contributed by atoms with Crippen molar-refractivity contribution in [3.05, 3.63) is 45.9 Å². The molecule has 1 aromatic carbocycles. The minimum atomic E-state index is 0.423. The molecule has 0 saturated carbocycles. The van der Waals surface area contributed by atoms with Crippen LogP contribution in [0.25, 0.3) is 0 Å². The highest BCUT2D eigenvalue weighted by Gasteiger charge is 2.11. The third kappa shape index (κ3) is 6.43. The Hall–Kier alpha value is -0.310. The Morgan fingerprint density at radius 1 is 1.35 bits per heavy atom. The van der Waals surface area contributed by atoms with Crippen LogP contribution in [0.1, 0.15) is 57.1 Å². The lowest BCUT2D eigenvalue weighted by molar-refractivity contribution is 0.472. The van der Waals surface area contributed by atoms with Crippen LogP contribution in [0.4, 0.5) is 0 Å². The van der Waals surface area contributed by atoms with Gasteiger partial charge in [0.2, 0.25) is 0 Å². The summed E-state index contributed by atoms with van der Waals surface area (Å²) in [6.07, 6.45) is 9.21. The smallest absolute Gasteiger partial charge is 0.0548 e. The van der Waals surface area contributed by atoms with Crippen LogP contribution in [0.5, 0.6) is 0 Å². The summed E-state index contributed by atoms with van der Waals surface area (Å²) in [4.78, 5) is 0. The van der Waals surface area contributed by atoms with Crippen LogP contribution < -0.4 is 5.32 Å². The van der Waals surface area contributed by atoms with Gasteiger partial charge in [-0.2, -0.15) is 0 Å². The van der Waals surface area contributed by atoms with Crippen molar-refractivity contribution >= 4 is 27.5 Å². The van der Waals surface area contributed by atoms with E-state index in [1.165, 1.54) is 31.2 Å². The van der Waals surface area contributed by atoms with E-state index in [1.54, 1.807) is 0 Å².